The van der Waals surface area contributed by atoms with E-state index in [-0.39, 0.29) is 22.1 Å². The molecule has 12 heteroatoms. The summed E-state index contributed by atoms with van der Waals surface area (Å²) in [7, 11) is 0. The van der Waals surface area contributed by atoms with E-state index in [1.165, 1.54) is 19.1 Å². The van der Waals surface area contributed by atoms with Crippen LogP contribution < -0.4 is 15.4 Å². The number of esters is 1. The zero-order chi connectivity index (χ0) is 20.8. The van der Waals surface area contributed by atoms with Crippen LogP contribution in [-0.2, 0) is 4.79 Å². The van der Waals surface area contributed by atoms with Crippen LogP contribution in [-0.4, -0.2) is 26.8 Å². The maximum atomic E-state index is 12.4. The number of carbonyl (C=O) groups excluding carboxylic acids is 2. The van der Waals surface area contributed by atoms with Crippen molar-refractivity contribution in [2.24, 2.45) is 0 Å². The summed E-state index contributed by atoms with van der Waals surface area (Å²) in [4.78, 5) is 43.8. The third kappa shape index (κ3) is 5.04. The zero-order valence-corrected chi connectivity index (χ0v) is 15.0. The lowest BCUT2D eigenvalue weighted by atomic mass is 10.2. The molecule has 2 aromatic rings. The Kier molecular flexibility index (Phi) is 6.29. The number of benzene rings is 2. The highest BCUT2D eigenvalue weighted by Gasteiger charge is 2.21. The molecule has 0 aliphatic rings. The zero-order valence-electron chi connectivity index (χ0n) is 14.2. The molecule has 0 aliphatic carbocycles. The molecule has 0 spiro atoms. The van der Waals surface area contributed by atoms with Crippen molar-refractivity contribution < 1.29 is 24.2 Å². The van der Waals surface area contributed by atoms with Gasteiger partial charge in [0.25, 0.3) is 17.3 Å². The summed E-state index contributed by atoms with van der Waals surface area (Å²) in [5.41, 5.74) is -1.19. The average Bonchev–Trinajstić information content (AvgIpc) is 2.61. The van der Waals surface area contributed by atoms with Gasteiger partial charge in [0.05, 0.1) is 21.5 Å². The van der Waals surface area contributed by atoms with Crippen molar-refractivity contribution in [2.45, 2.75) is 6.92 Å². The molecule has 1 amide bonds. The van der Waals surface area contributed by atoms with Crippen LogP contribution in [0.1, 0.15) is 17.3 Å². The number of carbonyl (C=O) groups is 2. The summed E-state index contributed by atoms with van der Waals surface area (Å²) in [6, 6.07) is 8.82. The lowest BCUT2D eigenvalue weighted by Gasteiger charge is -2.12. The minimum absolute atomic E-state index is 0.0108. The van der Waals surface area contributed by atoms with E-state index >= 15 is 0 Å². The Morgan fingerprint density at radius 1 is 1.07 bits per heavy atom. The Labute approximate surface area is 162 Å². The fourth-order valence-electron chi connectivity index (χ4n) is 2.11. The second-order valence-electron chi connectivity index (χ2n) is 5.21. The molecule has 0 unspecified atom stereocenters. The number of amides is 1. The van der Waals surface area contributed by atoms with Gasteiger partial charge in [0.1, 0.15) is 11.4 Å². The molecule has 0 aromatic heterocycles. The van der Waals surface area contributed by atoms with E-state index in [0.29, 0.717) is 0 Å². The maximum absolute atomic E-state index is 12.4. The highest BCUT2D eigenvalue weighted by molar-refractivity contribution is 7.80. The van der Waals surface area contributed by atoms with E-state index in [0.717, 1.165) is 18.2 Å². The van der Waals surface area contributed by atoms with Gasteiger partial charge in [0.15, 0.2) is 5.11 Å². The van der Waals surface area contributed by atoms with E-state index in [2.05, 4.69) is 10.6 Å². The number of ether oxygens (including phenoxy) is 1. The number of hydrogen-bond donors (Lipinski definition) is 2. The summed E-state index contributed by atoms with van der Waals surface area (Å²) in [5.74, 6) is -1.34. The largest absolute Gasteiger partial charge is 0.426 e. The molecule has 0 atom stereocenters. The van der Waals surface area contributed by atoms with Crippen LogP contribution in [0.25, 0.3) is 0 Å². The third-order valence-corrected chi connectivity index (χ3v) is 3.45. The van der Waals surface area contributed by atoms with E-state index in [1.807, 2.05) is 0 Å². The molecule has 2 rings (SSSR count). The summed E-state index contributed by atoms with van der Waals surface area (Å²) in [6.45, 7) is 1.18. The minimum atomic E-state index is -0.824. The Morgan fingerprint density at radius 2 is 1.75 bits per heavy atom. The number of anilines is 1. The lowest BCUT2D eigenvalue weighted by molar-refractivity contribution is -0.393. The standard InChI is InChI=1S/C16H12N4O7S/c1-9(21)27-14-5-3-2-4-11(14)15(22)18-16(28)17-12-7-6-10(19(23)24)8-13(12)20(25)26/h2-8H,1H3,(H2,17,18,22,28). The van der Waals surface area contributed by atoms with Gasteiger partial charge in [-0.1, -0.05) is 12.1 Å². The first-order valence-corrected chi connectivity index (χ1v) is 7.92. The normalized spacial score (nSPS) is 9.89. The molecule has 0 aliphatic heterocycles. The van der Waals surface area contributed by atoms with Gasteiger partial charge < -0.3 is 10.1 Å². The molecule has 0 fully saturated rings. The molecule has 0 saturated heterocycles. The first-order valence-electron chi connectivity index (χ1n) is 7.51. The van der Waals surface area contributed by atoms with Crippen molar-refractivity contribution in [1.82, 2.24) is 5.32 Å². The number of para-hydroxylation sites is 1. The number of non-ortho nitro benzene ring substituents is 1. The van der Waals surface area contributed by atoms with Crippen LogP contribution in [0.5, 0.6) is 5.75 Å². The first kappa shape index (κ1) is 20.4. The number of nitrogens with zero attached hydrogens (tertiary/aromatic N) is 2. The van der Waals surface area contributed by atoms with Crippen LogP contribution in [0.2, 0.25) is 0 Å². The van der Waals surface area contributed by atoms with E-state index < -0.39 is 33.1 Å². The predicted octanol–water partition coefficient (Wildman–Crippen LogP) is 2.56. The number of nitro groups is 2. The monoisotopic (exact) mass is 404 g/mol. The molecule has 0 heterocycles. The Morgan fingerprint density at radius 3 is 2.36 bits per heavy atom. The molecular formula is C16H12N4O7S. The molecule has 2 N–H and O–H groups in total. The number of rotatable bonds is 5. The topological polar surface area (TPSA) is 154 Å². The highest BCUT2D eigenvalue weighted by atomic mass is 32.1. The van der Waals surface area contributed by atoms with Crippen LogP contribution in [0, 0.1) is 20.2 Å². The van der Waals surface area contributed by atoms with Crippen molar-refractivity contribution in [1.29, 1.82) is 0 Å². The molecule has 2 aromatic carbocycles. The molecule has 11 nitrogen and oxygen atoms in total. The highest BCUT2D eigenvalue weighted by Crippen LogP contribution is 2.29. The van der Waals surface area contributed by atoms with Gasteiger partial charge in [-0.25, -0.2) is 0 Å². The van der Waals surface area contributed by atoms with Gasteiger partial charge in [-0.15, -0.1) is 0 Å². The number of hydrogen-bond acceptors (Lipinski definition) is 8. The van der Waals surface area contributed by atoms with Crippen LogP contribution in [0.15, 0.2) is 42.5 Å². The van der Waals surface area contributed by atoms with Crippen molar-refractivity contribution >= 4 is 46.3 Å². The molecule has 0 radical (unpaired) electrons. The van der Waals surface area contributed by atoms with Gasteiger partial charge in [0.2, 0.25) is 0 Å². The number of nitrogens with one attached hydrogen (secondary N) is 2. The van der Waals surface area contributed by atoms with Crippen LogP contribution in [0.4, 0.5) is 17.1 Å². The van der Waals surface area contributed by atoms with Gasteiger partial charge in [-0.3, -0.25) is 35.1 Å². The molecule has 28 heavy (non-hydrogen) atoms. The second-order valence-corrected chi connectivity index (χ2v) is 5.62. The Balaban J connectivity index is 2.19. The summed E-state index contributed by atoms with van der Waals surface area (Å²) in [6.07, 6.45) is 0. The smallest absolute Gasteiger partial charge is 0.308 e. The van der Waals surface area contributed by atoms with Gasteiger partial charge in [-0.05, 0) is 30.4 Å². The Hall–Kier alpha value is -3.93. The van der Waals surface area contributed by atoms with Crippen molar-refractivity contribution in [3.63, 3.8) is 0 Å². The van der Waals surface area contributed by atoms with Crippen molar-refractivity contribution in [3.8, 4) is 5.75 Å². The SMILES string of the molecule is CC(=O)Oc1ccccc1C(=O)NC(=S)Nc1ccc([N+](=O)[O-])cc1[N+](=O)[O-]. The predicted molar refractivity (Wildman–Crippen MR) is 101 cm³/mol. The first-order chi connectivity index (χ1) is 13.2. The van der Waals surface area contributed by atoms with Gasteiger partial charge >= 0.3 is 5.97 Å². The number of thiocarbonyl (C=S) groups is 1. The fraction of sp³-hybridized carbons (Fsp3) is 0.0625. The van der Waals surface area contributed by atoms with E-state index in [1.54, 1.807) is 12.1 Å². The minimum Gasteiger partial charge on any atom is -0.426 e. The van der Waals surface area contributed by atoms with Gasteiger partial charge in [0, 0.05) is 13.0 Å². The molecule has 0 saturated carbocycles. The summed E-state index contributed by atoms with van der Waals surface area (Å²) < 4.78 is 4.94. The number of nitro benzene ring substituents is 2. The van der Waals surface area contributed by atoms with Crippen molar-refractivity contribution in [3.05, 3.63) is 68.3 Å². The summed E-state index contributed by atoms with van der Waals surface area (Å²) >= 11 is 4.97. The molecular weight excluding hydrogens is 392 g/mol. The van der Waals surface area contributed by atoms with E-state index in [4.69, 9.17) is 17.0 Å². The summed E-state index contributed by atoms with van der Waals surface area (Å²) in [5, 5.41) is 26.3. The molecule has 144 valence electrons. The average molecular weight is 404 g/mol. The second kappa shape index (κ2) is 8.64. The van der Waals surface area contributed by atoms with Crippen molar-refractivity contribution in [2.75, 3.05) is 5.32 Å². The quantitative estimate of drug-likeness (QED) is 0.251. The Bertz CT molecular complexity index is 993. The lowest BCUT2D eigenvalue weighted by Crippen LogP contribution is -2.34. The fourth-order valence-corrected chi connectivity index (χ4v) is 2.32. The van der Waals surface area contributed by atoms with E-state index in [9.17, 15) is 29.8 Å². The van der Waals surface area contributed by atoms with Crippen LogP contribution in [0.3, 0.4) is 0 Å². The third-order valence-electron chi connectivity index (χ3n) is 3.25. The maximum Gasteiger partial charge on any atom is 0.308 e. The van der Waals surface area contributed by atoms with Crippen LogP contribution >= 0.6 is 12.2 Å². The van der Waals surface area contributed by atoms with Gasteiger partial charge in [-0.2, -0.15) is 0 Å². The molecule has 0 bridgehead atoms.